The lowest BCUT2D eigenvalue weighted by atomic mass is 10.0. The zero-order chi connectivity index (χ0) is 18.7. The first-order valence-electron chi connectivity index (χ1n) is 7.75. The molecule has 1 aromatic rings. The number of aliphatic carboxylic acids is 1. The summed E-state index contributed by atoms with van der Waals surface area (Å²) >= 11 is 0. The summed E-state index contributed by atoms with van der Waals surface area (Å²) in [4.78, 5) is 25.3. The van der Waals surface area contributed by atoms with Gasteiger partial charge in [-0.2, -0.15) is 0 Å². The van der Waals surface area contributed by atoms with Gasteiger partial charge in [0.2, 0.25) is 0 Å². The highest BCUT2D eigenvalue weighted by atomic mass is 32.2. The second-order valence-corrected chi connectivity index (χ2v) is 8.49. The van der Waals surface area contributed by atoms with Crippen LogP contribution in [-0.2, 0) is 14.6 Å². The predicted molar refractivity (Wildman–Crippen MR) is 92.0 cm³/mol. The van der Waals surface area contributed by atoms with Crippen LogP contribution in [0.25, 0.3) is 0 Å². The van der Waals surface area contributed by atoms with E-state index in [9.17, 15) is 18.0 Å². The van der Waals surface area contributed by atoms with Gasteiger partial charge in [0.05, 0.1) is 11.3 Å². The van der Waals surface area contributed by atoms with Crippen LogP contribution in [-0.4, -0.2) is 49.6 Å². The van der Waals surface area contributed by atoms with Gasteiger partial charge in [0.15, 0.2) is 9.84 Å². The fourth-order valence-electron chi connectivity index (χ4n) is 2.38. The lowest BCUT2D eigenvalue weighted by Crippen LogP contribution is -2.36. The van der Waals surface area contributed by atoms with E-state index in [0.717, 1.165) is 6.26 Å². The first kappa shape index (κ1) is 20.2. The SMILES string of the molecule is Cc1cc(S(C)(=O)=O)cc(C(=O)N(CCC(=O)O)CC(C)C)c1C. The molecular formula is C17H25NO5S. The van der Waals surface area contributed by atoms with Crippen molar-refractivity contribution in [1.29, 1.82) is 0 Å². The summed E-state index contributed by atoms with van der Waals surface area (Å²) in [6, 6.07) is 2.93. The highest BCUT2D eigenvalue weighted by molar-refractivity contribution is 7.90. The van der Waals surface area contributed by atoms with E-state index >= 15 is 0 Å². The number of hydrogen-bond donors (Lipinski definition) is 1. The molecule has 0 unspecified atom stereocenters. The summed E-state index contributed by atoms with van der Waals surface area (Å²) < 4.78 is 23.7. The number of nitrogens with zero attached hydrogens (tertiary/aromatic N) is 1. The Morgan fingerprint density at radius 3 is 2.25 bits per heavy atom. The Bertz CT molecular complexity index is 738. The maximum absolute atomic E-state index is 12.9. The molecule has 1 aromatic carbocycles. The molecule has 0 fully saturated rings. The van der Waals surface area contributed by atoms with E-state index in [0.29, 0.717) is 23.2 Å². The van der Waals surface area contributed by atoms with Crippen LogP contribution >= 0.6 is 0 Å². The molecule has 1 amide bonds. The van der Waals surface area contributed by atoms with Gasteiger partial charge in [-0.15, -0.1) is 0 Å². The van der Waals surface area contributed by atoms with Gasteiger partial charge in [-0.1, -0.05) is 13.8 Å². The predicted octanol–water partition coefficient (Wildman–Crippen LogP) is 2.28. The van der Waals surface area contributed by atoms with Crippen LogP contribution in [0.5, 0.6) is 0 Å². The molecule has 0 spiro atoms. The molecule has 0 aliphatic carbocycles. The Labute approximate surface area is 143 Å². The molecule has 0 saturated heterocycles. The second-order valence-electron chi connectivity index (χ2n) is 6.47. The summed E-state index contributed by atoms with van der Waals surface area (Å²) in [5, 5.41) is 8.88. The fraction of sp³-hybridized carbons (Fsp3) is 0.529. The summed E-state index contributed by atoms with van der Waals surface area (Å²) in [6.07, 6.45) is 0.948. The van der Waals surface area contributed by atoms with Crippen LogP contribution in [0.1, 0.15) is 41.8 Å². The number of carbonyl (C=O) groups is 2. The van der Waals surface area contributed by atoms with Crippen molar-refractivity contribution in [1.82, 2.24) is 4.90 Å². The molecule has 0 atom stereocenters. The highest BCUT2D eigenvalue weighted by Crippen LogP contribution is 2.22. The lowest BCUT2D eigenvalue weighted by molar-refractivity contribution is -0.137. The minimum absolute atomic E-state index is 0.0912. The third-order valence-corrected chi connectivity index (χ3v) is 4.86. The Morgan fingerprint density at radius 1 is 1.21 bits per heavy atom. The van der Waals surface area contributed by atoms with Crippen molar-refractivity contribution < 1.29 is 23.1 Å². The Morgan fingerprint density at radius 2 is 1.79 bits per heavy atom. The average molecular weight is 355 g/mol. The molecule has 7 heteroatoms. The molecule has 0 saturated carbocycles. The zero-order valence-electron chi connectivity index (χ0n) is 14.8. The Hall–Kier alpha value is -1.89. The average Bonchev–Trinajstić information content (AvgIpc) is 2.43. The van der Waals surface area contributed by atoms with Gasteiger partial charge in [0.25, 0.3) is 5.91 Å². The molecule has 0 bridgehead atoms. The molecule has 0 aromatic heterocycles. The van der Waals surface area contributed by atoms with E-state index < -0.39 is 15.8 Å². The van der Waals surface area contributed by atoms with Gasteiger partial charge < -0.3 is 10.0 Å². The monoisotopic (exact) mass is 355 g/mol. The fourth-order valence-corrected chi connectivity index (χ4v) is 3.10. The van der Waals surface area contributed by atoms with Crippen molar-refractivity contribution in [3.8, 4) is 0 Å². The third-order valence-electron chi connectivity index (χ3n) is 3.77. The Balaban J connectivity index is 3.31. The van der Waals surface area contributed by atoms with Crippen molar-refractivity contribution in [2.45, 2.75) is 39.0 Å². The smallest absolute Gasteiger partial charge is 0.305 e. The van der Waals surface area contributed by atoms with Crippen LogP contribution in [0.2, 0.25) is 0 Å². The number of carbonyl (C=O) groups excluding carboxylic acids is 1. The van der Waals surface area contributed by atoms with Crippen molar-refractivity contribution >= 4 is 21.7 Å². The van der Waals surface area contributed by atoms with Gasteiger partial charge in [-0.05, 0) is 43.0 Å². The molecule has 0 aliphatic heterocycles. The van der Waals surface area contributed by atoms with Crippen LogP contribution < -0.4 is 0 Å². The van der Waals surface area contributed by atoms with Crippen LogP contribution in [0.4, 0.5) is 0 Å². The zero-order valence-corrected chi connectivity index (χ0v) is 15.6. The number of amides is 1. The number of benzene rings is 1. The number of carboxylic acid groups (broad SMARTS) is 1. The molecular weight excluding hydrogens is 330 g/mol. The molecule has 6 nitrogen and oxygen atoms in total. The third kappa shape index (κ3) is 5.33. The Kier molecular flexibility index (Phi) is 6.54. The van der Waals surface area contributed by atoms with E-state index in [1.165, 1.54) is 11.0 Å². The minimum Gasteiger partial charge on any atom is -0.481 e. The maximum Gasteiger partial charge on any atom is 0.305 e. The topological polar surface area (TPSA) is 91.8 Å². The van der Waals surface area contributed by atoms with Gasteiger partial charge in [-0.3, -0.25) is 9.59 Å². The molecule has 134 valence electrons. The summed E-state index contributed by atoms with van der Waals surface area (Å²) in [6.45, 7) is 7.89. The van der Waals surface area contributed by atoms with Crippen LogP contribution in [0, 0.1) is 19.8 Å². The van der Waals surface area contributed by atoms with E-state index in [2.05, 4.69) is 0 Å². The van der Waals surface area contributed by atoms with Crippen molar-refractivity contribution in [2.75, 3.05) is 19.3 Å². The lowest BCUT2D eigenvalue weighted by Gasteiger charge is -2.25. The quantitative estimate of drug-likeness (QED) is 0.810. The van der Waals surface area contributed by atoms with Gasteiger partial charge >= 0.3 is 5.97 Å². The van der Waals surface area contributed by atoms with E-state index in [-0.39, 0.29) is 29.7 Å². The first-order chi connectivity index (χ1) is 10.9. The number of carboxylic acids is 1. The largest absolute Gasteiger partial charge is 0.481 e. The second kappa shape index (κ2) is 7.79. The maximum atomic E-state index is 12.9. The molecule has 24 heavy (non-hydrogen) atoms. The van der Waals surface area contributed by atoms with Gasteiger partial charge in [0.1, 0.15) is 0 Å². The van der Waals surface area contributed by atoms with Crippen LogP contribution in [0.15, 0.2) is 17.0 Å². The first-order valence-corrected chi connectivity index (χ1v) is 9.65. The highest BCUT2D eigenvalue weighted by Gasteiger charge is 2.22. The number of sulfone groups is 1. The number of rotatable bonds is 7. The van der Waals surface area contributed by atoms with Gasteiger partial charge in [0, 0.05) is 24.9 Å². The number of aryl methyl sites for hydroxylation is 1. The summed E-state index contributed by atoms with van der Waals surface area (Å²) in [5.41, 5.74) is 1.72. The summed E-state index contributed by atoms with van der Waals surface area (Å²) in [7, 11) is -3.44. The van der Waals surface area contributed by atoms with Crippen molar-refractivity contribution in [3.63, 3.8) is 0 Å². The molecule has 0 radical (unpaired) electrons. The molecule has 0 heterocycles. The normalized spacial score (nSPS) is 11.6. The van der Waals surface area contributed by atoms with E-state index in [4.69, 9.17) is 5.11 Å². The van der Waals surface area contributed by atoms with Crippen LogP contribution in [0.3, 0.4) is 0 Å². The summed E-state index contributed by atoms with van der Waals surface area (Å²) in [5.74, 6) is -1.15. The van der Waals surface area contributed by atoms with Gasteiger partial charge in [-0.25, -0.2) is 8.42 Å². The van der Waals surface area contributed by atoms with Crippen molar-refractivity contribution in [2.24, 2.45) is 5.92 Å². The van der Waals surface area contributed by atoms with Crippen molar-refractivity contribution in [3.05, 3.63) is 28.8 Å². The molecule has 0 aliphatic rings. The van der Waals surface area contributed by atoms with E-state index in [1.54, 1.807) is 19.9 Å². The standard InChI is InChI=1S/C17H25NO5S/c1-11(2)10-18(7-6-16(19)20)17(21)15-9-14(24(5,22)23)8-12(3)13(15)4/h8-9,11H,6-7,10H2,1-5H3,(H,19,20). The van der Waals surface area contributed by atoms with E-state index in [1.807, 2.05) is 13.8 Å². The molecule has 1 N–H and O–H groups in total. The molecule has 1 rings (SSSR count). The minimum atomic E-state index is -3.44. The number of hydrogen-bond acceptors (Lipinski definition) is 4.